The molecule has 128 valence electrons. The quantitative estimate of drug-likeness (QED) is 0.794. The van der Waals surface area contributed by atoms with Gasteiger partial charge in [0, 0.05) is 27.5 Å². The van der Waals surface area contributed by atoms with Gasteiger partial charge < -0.3 is 5.32 Å². The third-order valence-electron chi connectivity index (χ3n) is 4.31. The second-order valence-corrected chi connectivity index (χ2v) is 7.80. The standard InChI is InChI=1S/C18H20Cl2N2OS/c19-14-6-5-13(15(20)11-14)7-8-21-18(23)12-22-9-1-3-16(22)17-4-2-10-24-17/h2,4-6,10-11,16H,1,3,7-9,12H2,(H,21,23)/t16-/m0/s1. The first-order valence-corrected chi connectivity index (χ1v) is 9.75. The third-order valence-corrected chi connectivity index (χ3v) is 5.87. The van der Waals surface area contributed by atoms with Crippen molar-refractivity contribution in [1.82, 2.24) is 10.2 Å². The molecule has 6 heteroatoms. The van der Waals surface area contributed by atoms with Gasteiger partial charge >= 0.3 is 0 Å². The van der Waals surface area contributed by atoms with Crippen molar-refractivity contribution in [3.63, 3.8) is 0 Å². The molecule has 2 heterocycles. The topological polar surface area (TPSA) is 32.3 Å². The van der Waals surface area contributed by atoms with Gasteiger partial charge in [-0.1, -0.05) is 35.3 Å². The van der Waals surface area contributed by atoms with Crippen LogP contribution in [0.25, 0.3) is 0 Å². The van der Waals surface area contributed by atoms with Gasteiger partial charge in [0.15, 0.2) is 0 Å². The molecule has 3 rings (SSSR count). The van der Waals surface area contributed by atoms with Crippen LogP contribution in [-0.2, 0) is 11.2 Å². The van der Waals surface area contributed by atoms with E-state index in [9.17, 15) is 4.79 Å². The highest BCUT2D eigenvalue weighted by Gasteiger charge is 2.27. The van der Waals surface area contributed by atoms with Crippen LogP contribution < -0.4 is 5.32 Å². The van der Waals surface area contributed by atoms with E-state index >= 15 is 0 Å². The maximum absolute atomic E-state index is 12.2. The van der Waals surface area contributed by atoms with Crippen molar-refractivity contribution >= 4 is 40.4 Å². The second kappa shape index (κ2) is 8.34. The van der Waals surface area contributed by atoms with E-state index in [-0.39, 0.29) is 5.91 Å². The van der Waals surface area contributed by atoms with Crippen molar-refractivity contribution in [1.29, 1.82) is 0 Å². The number of hydrogen-bond donors (Lipinski definition) is 1. The largest absolute Gasteiger partial charge is 0.355 e. The van der Waals surface area contributed by atoms with Crippen LogP contribution in [0.1, 0.15) is 29.3 Å². The molecule has 1 fully saturated rings. The molecule has 0 saturated carbocycles. The minimum absolute atomic E-state index is 0.0727. The summed E-state index contributed by atoms with van der Waals surface area (Å²) in [4.78, 5) is 15.9. The number of benzene rings is 1. The molecule has 1 saturated heterocycles. The first-order chi connectivity index (χ1) is 11.6. The summed E-state index contributed by atoms with van der Waals surface area (Å²) in [7, 11) is 0. The normalized spacial score (nSPS) is 18.0. The lowest BCUT2D eigenvalue weighted by Crippen LogP contribution is -2.37. The van der Waals surface area contributed by atoms with Crippen LogP contribution >= 0.6 is 34.5 Å². The number of halogens is 2. The van der Waals surface area contributed by atoms with Gasteiger partial charge in [-0.25, -0.2) is 0 Å². The number of rotatable bonds is 6. The van der Waals surface area contributed by atoms with Crippen LogP contribution in [0.5, 0.6) is 0 Å². The van der Waals surface area contributed by atoms with Crippen molar-refractivity contribution in [3.05, 3.63) is 56.2 Å². The lowest BCUT2D eigenvalue weighted by atomic mass is 10.1. The number of carbonyl (C=O) groups is 1. The predicted molar refractivity (Wildman–Crippen MR) is 101 cm³/mol. The zero-order valence-corrected chi connectivity index (χ0v) is 15.6. The van der Waals surface area contributed by atoms with E-state index in [0.717, 1.165) is 24.9 Å². The van der Waals surface area contributed by atoms with E-state index in [0.29, 0.717) is 35.6 Å². The monoisotopic (exact) mass is 382 g/mol. The Morgan fingerprint density at radius 2 is 2.21 bits per heavy atom. The Balaban J connectivity index is 1.47. The molecule has 1 amide bonds. The number of hydrogen-bond acceptors (Lipinski definition) is 3. The third kappa shape index (κ3) is 4.51. The molecule has 0 aliphatic carbocycles. The molecule has 24 heavy (non-hydrogen) atoms. The molecule has 0 spiro atoms. The van der Waals surface area contributed by atoms with Gasteiger partial charge in [-0.2, -0.15) is 0 Å². The molecule has 0 bridgehead atoms. The van der Waals surface area contributed by atoms with Crippen LogP contribution in [0, 0.1) is 0 Å². The van der Waals surface area contributed by atoms with Crippen molar-refractivity contribution in [2.45, 2.75) is 25.3 Å². The summed E-state index contributed by atoms with van der Waals surface area (Å²) in [6.07, 6.45) is 2.99. The van der Waals surface area contributed by atoms with E-state index < -0.39 is 0 Å². The predicted octanol–water partition coefficient (Wildman–Crippen LogP) is 4.55. The van der Waals surface area contributed by atoms with Crippen LogP contribution in [-0.4, -0.2) is 30.4 Å². The lowest BCUT2D eigenvalue weighted by Gasteiger charge is -2.22. The van der Waals surface area contributed by atoms with Gasteiger partial charge in [-0.15, -0.1) is 11.3 Å². The van der Waals surface area contributed by atoms with Gasteiger partial charge in [0.2, 0.25) is 5.91 Å². The molecular formula is C18H20Cl2N2OS. The number of nitrogens with one attached hydrogen (secondary N) is 1. The highest BCUT2D eigenvalue weighted by molar-refractivity contribution is 7.10. The Morgan fingerprint density at radius 3 is 2.96 bits per heavy atom. The Hall–Kier alpha value is -1.07. The molecule has 1 N–H and O–H groups in total. The van der Waals surface area contributed by atoms with E-state index in [1.54, 1.807) is 17.4 Å². The molecule has 1 aliphatic rings. The maximum Gasteiger partial charge on any atom is 0.234 e. The summed E-state index contributed by atoms with van der Waals surface area (Å²) in [6.45, 7) is 2.02. The number of amides is 1. The van der Waals surface area contributed by atoms with Crippen LogP contribution in [0.3, 0.4) is 0 Å². The summed E-state index contributed by atoms with van der Waals surface area (Å²) in [5.41, 5.74) is 0.999. The van der Waals surface area contributed by atoms with E-state index in [4.69, 9.17) is 23.2 Å². The van der Waals surface area contributed by atoms with Crippen LogP contribution in [0.2, 0.25) is 10.0 Å². The SMILES string of the molecule is O=C(CN1CCC[C@H]1c1cccs1)NCCc1ccc(Cl)cc1Cl. The Morgan fingerprint density at radius 1 is 1.33 bits per heavy atom. The van der Waals surface area contributed by atoms with Crippen molar-refractivity contribution in [2.75, 3.05) is 19.6 Å². The first kappa shape index (κ1) is 17.7. The van der Waals surface area contributed by atoms with Gasteiger partial charge in [-0.05, 0) is 54.9 Å². The highest BCUT2D eigenvalue weighted by atomic mass is 35.5. The van der Waals surface area contributed by atoms with Gasteiger partial charge in [-0.3, -0.25) is 9.69 Å². The van der Waals surface area contributed by atoms with E-state index in [2.05, 4.69) is 27.7 Å². The number of thiophene rings is 1. The van der Waals surface area contributed by atoms with E-state index in [1.165, 1.54) is 4.88 Å². The van der Waals surface area contributed by atoms with Gasteiger partial charge in [0.05, 0.1) is 6.54 Å². The minimum atomic E-state index is 0.0727. The second-order valence-electron chi connectivity index (χ2n) is 5.98. The smallest absolute Gasteiger partial charge is 0.234 e. The Kier molecular flexibility index (Phi) is 6.17. The van der Waals surface area contributed by atoms with Crippen LogP contribution in [0.15, 0.2) is 35.7 Å². The average Bonchev–Trinajstić information content (AvgIpc) is 3.20. The Bertz CT molecular complexity index is 690. The molecule has 1 aromatic heterocycles. The van der Waals surface area contributed by atoms with Gasteiger partial charge in [0.1, 0.15) is 0 Å². The number of nitrogens with zero attached hydrogens (tertiary/aromatic N) is 1. The molecule has 1 aromatic carbocycles. The van der Waals surface area contributed by atoms with E-state index in [1.807, 2.05) is 12.1 Å². The Labute approximate surface area is 156 Å². The molecule has 3 nitrogen and oxygen atoms in total. The fraction of sp³-hybridized carbons (Fsp3) is 0.389. The lowest BCUT2D eigenvalue weighted by molar-refractivity contribution is -0.122. The fourth-order valence-corrected chi connectivity index (χ4v) is 4.52. The summed E-state index contributed by atoms with van der Waals surface area (Å²) < 4.78 is 0. The van der Waals surface area contributed by atoms with Crippen molar-refractivity contribution in [3.8, 4) is 0 Å². The van der Waals surface area contributed by atoms with Crippen LogP contribution in [0.4, 0.5) is 0 Å². The van der Waals surface area contributed by atoms with Crippen molar-refractivity contribution in [2.24, 2.45) is 0 Å². The molecule has 1 aliphatic heterocycles. The molecular weight excluding hydrogens is 363 g/mol. The summed E-state index contributed by atoms with van der Waals surface area (Å²) >= 11 is 13.8. The zero-order valence-electron chi connectivity index (χ0n) is 13.3. The summed E-state index contributed by atoms with van der Waals surface area (Å²) in [6, 6.07) is 10.1. The molecule has 1 atom stereocenters. The fourth-order valence-electron chi connectivity index (χ4n) is 3.12. The first-order valence-electron chi connectivity index (χ1n) is 8.11. The zero-order chi connectivity index (χ0) is 16.9. The van der Waals surface area contributed by atoms with Gasteiger partial charge in [0.25, 0.3) is 0 Å². The van der Waals surface area contributed by atoms with Crippen molar-refractivity contribution < 1.29 is 4.79 Å². The molecule has 0 radical (unpaired) electrons. The minimum Gasteiger partial charge on any atom is -0.355 e. The molecule has 0 unspecified atom stereocenters. The molecule has 2 aromatic rings. The maximum atomic E-state index is 12.2. The number of likely N-dealkylation sites (tertiary alicyclic amines) is 1. The average molecular weight is 383 g/mol. The summed E-state index contributed by atoms with van der Waals surface area (Å²) in [5.74, 6) is 0.0727. The highest BCUT2D eigenvalue weighted by Crippen LogP contribution is 2.33. The number of carbonyl (C=O) groups excluding carboxylic acids is 1. The summed E-state index contributed by atoms with van der Waals surface area (Å²) in [5, 5.41) is 6.37.